The molecule has 116 valence electrons. The largest absolute Gasteiger partial charge is 0.361 e. The van der Waals surface area contributed by atoms with Crippen molar-refractivity contribution in [2.75, 3.05) is 43.4 Å². The topological polar surface area (TPSA) is 87.4 Å². The van der Waals surface area contributed by atoms with Crippen molar-refractivity contribution in [3.8, 4) is 0 Å². The summed E-state index contributed by atoms with van der Waals surface area (Å²) in [5.74, 6) is 0.933. The number of hydrogen-bond acceptors (Lipinski definition) is 7. The molecule has 0 bridgehead atoms. The van der Waals surface area contributed by atoms with E-state index in [9.17, 15) is 4.79 Å². The molecule has 0 aromatic carbocycles. The van der Waals surface area contributed by atoms with Crippen molar-refractivity contribution in [2.45, 2.75) is 6.92 Å². The zero-order valence-corrected chi connectivity index (χ0v) is 12.6. The van der Waals surface area contributed by atoms with E-state index in [1.807, 2.05) is 0 Å². The van der Waals surface area contributed by atoms with Crippen molar-refractivity contribution in [1.29, 1.82) is 0 Å². The number of aromatic nitrogens is 3. The summed E-state index contributed by atoms with van der Waals surface area (Å²) >= 11 is 0. The van der Waals surface area contributed by atoms with Crippen LogP contribution in [0.5, 0.6) is 0 Å². The average Bonchev–Trinajstić information content (AvgIpc) is 2.96. The molecule has 1 aliphatic heterocycles. The van der Waals surface area contributed by atoms with E-state index in [0.717, 1.165) is 26.2 Å². The maximum absolute atomic E-state index is 11.9. The lowest BCUT2D eigenvalue weighted by Gasteiger charge is -2.32. The monoisotopic (exact) mass is 302 g/mol. The Labute approximate surface area is 128 Å². The SMILES string of the molecule is Cc1cc(C(=O)Nc2cnc(N3CCN(C)CC3)nc2)no1. The van der Waals surface area contributed by atoms with Gasteiger partial charge in [-0.1, -0.05) is 5.16 Å². The minimum absolute atomic E-state index is 0.237. The van der Waals surface area contributed by atoms with E-state index < -0.39 is 0 Å². The molecule has 1 fully saturated rings. The first kappa shape index (κ1) is 14.5. The second-order valence-electron chi connectivity index (χ2n) is 5.34. The molecule has 1 amide bonds. The molecule has 1 N–H and O–H groups in total. The fraction of sp³-hybridized carbons (Fsp3) is 0.429. The van der Waals surface area contributed by atoms with Gasteiger partial charge in [0.25, 0.3) is 5.91 Å². The van der Waals surface area contributed by atoms with Crippen LogP contribution in [0, 0.1) is 6.92 Å². The van der Waals surface area contributed by atoms with Crippen LogP contribution in [0.1, 0.15) is 16.2 Å². The van der Waals surface area contributed by atoms with E-state index in [0.29, 0.717) is 17.4 Å². The predicted molar refractivity (Wildman–Crippen MR) is 80.9 cm³/mol. The van der Waals surface area contributed by atoms with Gasteiger partial charge in [-0.25, -0.2) is 9.97 Å². The first-order chi connectivity index (χ1) is 10.6. The van der Waals surface area contributed by atoms with Gasteiger partial charge in [0.05, 0.1) is 18.1 Å². The lowest BCUT2D eigenvalue weighted by Crippen LogP contribution is -2.45. The summed E-state index contributed by atoms with van der Waals surface area (Å²) in [5, 5.41) is 6.36. The minimum atomic E-state index is -0.340. The van der Waals surface area contributed by atoms with Crippen LogP contribution in [0.15, 0.2) is 23.0 Å². The summed E-state index contributed by atoms with van der Waals surface area (Å²) in [6.07, 6.45) is 3.21. The van der Waals surface area contributed by atoms with Crippen molar-refractivity contribution < 1.29 is 9.32 Å². The zero-order chi connectivity index (χ0) is 15.5. The zero-order valence-electron chi connectivity index (χ0n) is 12.6. The van der Waals surface area contributed by atoms with Gasteiger partial charge >= 0.3 is 0 Å². The van der Waals surface area contributed by atoms with E-state index in [1.54, 1.807) is 25.4 Å². The number of amides is 1. The molecule has 0 atom stereocenters. The third kappa shape index (κ3) is 3.22. The molecule has 0 radical (unpaired) electrons. The van der Waals surface area contributed by atoms with Crippen LogP contribution in [0.25, 0.3) is 0 Å². The predicted octanol–water partition coefficient (Wildman–Crippen LogP) is 0.777. The highest BCUT2D eigenvalue weighted by molar-refractivity contribution is 6.02. The molecule has 8 nitrogen and oxygen atoms in total. The average molecular weight is 302 g/mol. The maximum Gasteiger partial charge on any atom is 0.277 e. The molecule has 2 aromatic rings. The van der Waals surface area contributed by atoms with Gasteiger partial charge in [0.2, 0.25) is 5.95 Å². The Hall–Kier alpha value is -2.48. The minimum Gasteiger partial charge on any atom is -0.361 e. The number of anilines is 2. The van der Waals surface area contributed by atoms with Crippen molar-refractivity contribution >= 4 is 17.5 Å². The summed E-state index contributed by atoms with van der Waals surface area (Å²) in [6, 6.07) is 1.58. The van der Waals surface area contributed by atoms with Gasteiger partial charge in [-0.3, -0.25) is 4.79 Å². The first-order valence-electron chi connectivity index (χ1n) is 7.12. The highest BCUT2D eigenvalue weighted by Gasteiger charge is 2.17. The Morgan fingerprint density at radius 3 is 2.50 bits per heavy atom. The highest BCUT2D eigenvalue weighted by atomic mass is 16.5. The lowest BCUT2D eigenvalue weighted by atomic mass is 10.3. The van der Waals surface area contributed by atoms with Crippen LogP contribution in [-0.4, -0.2) is 59.2 Å². The molecule has 1 saturated heterocycles. The van der Waals surface area contributed by atoms with Gasteiger partial charge < -0.3 is 19.6 Å². The number of likely N-dealkylation sites (N-methyl/N-ethyl adjacent to an activating group) is 1. The van der Waals surface area contributed by atoms with Gasteiger partial charge in [-0.05, 0) is 14.0 Å². The van der Waals surface area contributed by atoms with Gasteiger partial charge in [0.1, 0.15) is 5.76 Å². The van der Waals surface area contributed by atoms with Crippen LogP contribution in [0.3, 0.4) is 0 Å². The fourth-order valence-corrected chi connectivity index (χ4v) is 2.22. The maximum atomic E-state index is 11.9. The number of carbonyl (C=O) groups is 1. The third-order valence-corrected chi connectivity index (χ3v) is 3.54. The number of piperazine rings is 1. The summed E-state index contributed by atoms with van der Waals surface area (Å²) in [5.41, 5.74) is 0.768. The van der Waals surface area contributed by atoms with Gasteiger partial charge in [0.15, 0.2) is 5.69 Å². The summed E-state index contributed by atoms with van der Waals surface area (Å²) < 4.78 is 4.88. The van der Waals surface area contributed by atoms with Crippen molar-refractivity contribution in [3.05, 3.63) is 29.9 Å². The molecule has 0 aliphatic carbocycles. The number of hydrogen-bond donors (Lipinski definition) is 1. The van der Waals surface area contributed by atoms with Crippen molar-refractivity contribution in [1.82, 2.24) is 20.0 Å². The quantitative estimate of drug-likeness (QED) is 0.896. The second-order valence-corrected chi connectivity index (χ2v) is 5.34. The Balaban J connectivity index is 1.63. The van der Waals surface area contributed by atoms with Crippen molar-refractivity contribution in [2.24, 2.45) is 0 Å². The standard InChI is InChI=1S/C14H18N6O2/c1-10-7-12(18-22-10)13(21)17-11-8-15-14(16-9-11)20-5-3-19(2)4-6-20/h7-9H,3-6H2,1-2H3,(H,17,21). The van der Waals surface area contributed by atoms with E-state index in [1.165, 1.54) is 0 Å². The Kier molecular flexibility index (Phi) is 4.01. The van der Waals surface area contributed by atoms with Crippen LogP contribution >= 0.6 is 0 Å². The van der Waals surface area contributed by atoms with Gasteiger partial charge in [-0.15, -0.1) is 0 Å². The number of aryl methyl sites for hydroxylation is 1. The molecule has 1 aliphatic rings. The van der Waals surface area contributed by atoms with E-state index in [4.69, 9.17) is 4.52 Å². The lowest BCUT2D eigenvalue weighted by molar-refractivity contribution is 0.101. The third-order valence-electron chi connectivity index (χ3n) is 3.54. The molecule has 0 unspecified atom stereocenters. The number of nitrogens with zero attached hydrogens (tertiary/aromatic N) is 5. The number of nitrogens with one attached hydrogen (secondary N) is 1. The van der Waals surface area contributed by atoms with Crippen molar-refractivity contribution in [3.63, 3.8) is 0 Å². The molecular weight excluding hydrogens is 284 g/mol. The molecule has 8 heteroatoms. The number of carbonyl (C=O) groups excluding carboxylic acids is 1. The molecule has 0 saturated carbocycles. The molecule has 0 spiro atoms. The van der Waals surface area contributed by atoms with Crippen LogP contribution in [0.2, 0.25) is 0 Å². The highest BCUT2D eigenvalue weighted by Crippen LogP contribution is 2.13. The molecule has 3 heterocycles. The Morgan fingerprint density at radius 2 is 1.91 bits per heavy atom. The molecule has 22 heavy (non-hydrogen) atoms. The number of rotatable bonds is 3. The summed E-state index contributed by atoms with van der Waals surface area (Å²) in [7, 11) is 2.10. The van der Waals surface area contributed by atoms with Gasteiger partial charge in [-0.2, -0.15) is 0 Å². The van der Waals surface area contributed by atoms with E-state index in [2.05, 4.69) is 37.3 Å². The Morgan fingerprint density at radius 1 is 1.23 bits per heavy atom. The van der Waals surface area contributed by atoms with Crippen LogP contribution < -0.4 is 10.2 Å². The molecule has 3 rings (SSSR count). The summed E-state index contributed by atoms with van der Waals surface area (Å²) in [4.78, 5) is 25.0. The van der Waals surface area contributed by atoms with Gasteiger partial charge in [0, 0.05) is 32.2 Å². The van der Waals surface area contributed by atoms with Crippen LogP contribution in [0.4, 0.5) is 11.6 Å². The smallest absolute Gasteiger partial charge is 0.277 e. The normalized spacial score (nSPS) is 15.8. The fourth-order valence-electron chi connectivity index (χ4n) is 2.22. The van der Waals surface area contributed by atoms with E-state index >= 15 is 0 Å². The van der Waals surface area contributed by atoms with Crippen LogP contribution in [-0.2, 0) is 0 Å². The second kappa shape index (κ2) is 6.10. The summed E-state index contributed by atoms with van der Waals surface area (Å²) in [6.45, 7) is 5.53. The molecule has 2 aromatic heterocycles. The first-order valence-corrected chi connectivity index (χ1v) is 7.12. The molecular formula is C14H18N6O2. The van der Waals surface area contributed by atoms with E-state index in [-0.39, 0.29) is 11.6 Å². The Bertz CT molecular complexity index is 646.